The van der Waals surface area contributed by atoms with Crippen LogP contribution in [0.15, 0.2) is 72.8 Å². The van der Waals surface area contributed by atoms with Crippen LogP contribution in [0.25, 0.3) is 0 Å². The van der Waals surface area contributed by atoms with E-state index in [9.17, 15) is 14.0 Å². The molecule has 0 saturated heterocycles. The highest BCUT2D eigenvalue weighted by Crippen LogP contribution is 2.21. The molecule has 0 aliphatic heterocycles. The summed E-state index contributed by atoms with van der Waals surface area (Å²) in [5, 5.41) is 2.95. The molecule has 3 rings (SSSR count). The number of rotatable bonds is 10. The minimum absolute atomic E-state index is 0.0882. The number of aryl methyl sites for hydroxylation is 1. The first-order chi connectivity index (χ1) is 16.7. The number of amides is 2. The van der Waals surface area contributed by atoms with Crippen molar-refractivity contribution >= 4 is 11.8 Å². The molecule has 0 saturated carbocycles. The standard InChI is InChI=1S/C29H33FN2O3/c1-20(2)31-29(34)26(17-23-10-6-5-7-11-23)32(18-24-13-15-25(30)16-14-24)28(33)19-35-27-12-8-9-21(3)22(27)4/h5-16,20,26H,17-19H2,1-4H3,(H,31,34). The Morgan fingerprint density at radius 1 is 0.914 bits per heavy atom. The average molecular weight is 477 g/mol. The van der Waals surface area contributed by atoms with E-state index in [1.54, 1.807) is 12.1 Å². The number of halogens is 1. The lowest BCUT2D eigenvalue weighted by Crippen LogP contribution is -2.52. The van der Waals surface area contributed by atoms with E-state index >= 15 is 0 Å². The van der Waals surface area contributed by atoms with Crippen LogP contribution in [0.4, 0.5) is 4.39 Å². The number of carbonyl (C=O) groups excluding carboxylic acids is 2. The van der Waals surface area contributed by atoms with Crippen LogP contribution in [0, 0.1) is 19.7 Å². The van der Waals surface area contributed by atoms with Gasteiger partial charge in [0.15, 0.2) is 6.61 Å². The molecule has 2 amide bonds. The number of ether oxygens (including phenoxy) is 1. The molecule has 1 unspecified atom stereocenters. The highest BCUT2D eigenvalue weighted by molar-refractivity contribution is 5.88. The summed E-state index contributed by atoms with van der Waals surface area (Å²) in [6, 6.07) is 20.4. The van der Waals surface area contributed by atoms with E-state index in [1.807, 2.05) is 76.2 Å². The minimum Gasteiger partial charge on any atom is -0.483 e. The summed E-state index contributed by atoms with van der Waals surface area (Å²) in [7, 11) is 0. The summed E-state index contributed by atoms with van der Waals surface area (Å²) in [5.74, 6) is -0.296. The topological polar surface area (TPSA) is 58.6 Å². The van der Waals surface area contributed by atoms with Gasteiger partial charge in [-0.2, -0.15) is 0 Å². The molecule has 35 heavy (non-hydrogen) atoms. The van der Waals surface area contributed by atoms with Gasteiger partial charge in [0.2, 0.25) is 5.91 Å². The Bertz CT molecular complexity index is 1130. The number of nitrogens with one attached hydrogen (secondary N) is 1. The normalized spacial score (nSPS) is 11.7. The highest BCUT2D eigenvalue weighted by atomic mass is 19.1. The Hall–Kier alpha value is -3.67. The zero-order valence-corrected chi connectivity index (χ0v) is 20.8. The smallest absolute Gasteiger partial charge is 0.261 e. The molecule has 6 heteroatoms. The van der Waals surface area contributed by atoms with E-state index in [2.05, 4.69) is 5.32 Å². The van der Waals surface area contributed by atoms with E-state index in [1.165, 1.54) is 17.0 Å². The zero-order valence-electron chi connectivity index (χ0n) is 20.8. The Balaban J connectivity index is 1.92. The van der Waals surface area contributed by atoms with Gasteiger partial charge in [0, 0.05) is 19.0 Å². The van der Waals surface area contributed by atoms with Crippen LogP contribution in [0.5, 0.6) is 5.75 Å². The summed E-state index contributed by atoms with van der Waals surface area (Å²) < 4.78 is 19.4. The molecule has 0 fully saturated rings. The molecule has 0 spiro atoms. The summed E-state index contributed by atoms with van der Waals surface area (Å²) in [6.07, 6.45) is 0.343. The van der Waals surface area contributed by atoms with E-state index < -0.39 is 6.04 Å². The first-order valence-electron chi connectivity index (χ1n) is 11.8. The van der Waals surface area contributed by atoms with E-state index in [-0.39, 0.29) is 36.8 Å². The first kappa shape index (κ1) is 25.9. The molecule has 0 aliphatic carbocycles. The zero-order chi connectivity index (χ0) is 25.4. The maximum atomic E-state index is 13.6. The SMILES string of the molecule is Cc1cccc(OCC(=O)N(Cc2ccc(F)cc2)C(Cc2ccccc2)C(=O)NC(C)C)c1C. The van der Waals surface area contributed by atoms with Crippen molar-refractivity contribution in [3.63, 3.8) is 0 Å². The summed E-state index contributed by atoms with van der Waals surface area (Å²) >= 11 is 0. The fourth-order valence-corrected chi connectivity index (χ4v) is 3.82. The number of hydrogen-bond acceptors (Lipinski definition) is 3. The van der Waals surface area contributed by atoms with Gasteiger partial charge in [-0.1, -0.05) is 54.6 Å². The lowest BCUT2D eigenvalue weighted by molar-refractivity contribution is -0.143. The Morgan fingerprint density at radius 3 is 2.26 bits per heavy atom. The van der Waals surface area contributed by atoms with Crippen molar-refractivity contribution in [2.45, 2.75) is 52.7 Å². The second-order valence-corrected chi connectivity index (χ2v) is 9.00. The molecule has 0 radical (unpaired) electrons. The molecule has 0 heterocycles. The predicted molar refractivity (Wildman–Crippen MR) is 136 cm³/mol. The van der Waals surface area contributed by atoms with Crippen LogP contribution in [0.1, 0.15) is 36.1 Å². The highest BCUT2D eigenvalue weighted by Gasteiger charge is 2.31. The van der Waals surface area contributed by atoms with Crippen LogP contribution in [-0.2, 0) is 22.6 Å². The number of carbonyl (C=O) groups is 2. The lowest BCUT2D eigenvalue weighted by atomic mass is 10.0. The number of benzene rings is 3. The average Bonchev–Trinajstić information content (AvgIpc) is 2.83. The van der Waals surface area contributed by atoms with E-state index in [0.29, 0.717) is 12.2 Å². The maximum absolute atomic E-state index is 13.6. The number of hydrogen-bond donors (Lipinski definition) is 1. The van der Waals surface area contributed by atoms with Gasteiger partial charge < -0.3 is 15.0 Å². The number of nitrogens with zero attached hydrogens (tertiary/aromatic N) is 1. The van der Waals surface area contributed by atoms with Crippen LogP contribution in [0.3, 0.4) is 0 Å². The summed E-state index contributed by atoms with van der Waals surface area (Å²) in [4.78, 5) is 28.4. The minimum atomic E-state index is -0.764. The fourth-order valence-electron chi connectivity index (χ4n) is 3.82. The lowest BCUT2D eigenvalue weighted by Gasteiger charge is -2.32. The molecule has 0 aliphatic rings. The van der Waals surface area contributed by atoms with Crippen LogP contribution in [0.2, 0.25) is 0 Å². The summed E-state index contributed by atoms with van der Waals surface area (Å²) in [6.45, 7) is 7.63. The first-order valence-corrected chi connectivity index (χ1v) is 11.8. The molecule has 1 N–H and O–H groups in total. The van der Waals surface area contributed by atoms with Crippen molar-refractivity contribution in [1.82, 2.24) is 10.2 Å². The molecule has 3 aromatic rings. The van der Waals surface area contributed by atoms with E-state index in [0.717, 1.165) is 22.3 Å². The van der Waals surface area contributed by atoms with Crippen molar-refractivity contribution in [2.24, 2.45) is 0 Å². The predicted octanol–water partition coefficient (Wildman–Crippen LogP) is 4.99. The van der Waals surface area contributed by atoms with Crippen LogP contribution in [-0.4, -0.2) is 35.4 Å². The molecule has 1 atom stereocenters. The molecule has 184 valence electrons. The van der Waals surface area contributed by atoms with Gasteiger partial charge in [-0.05, 0) is 68.1 Å². The van der Waals surface area contributed by atoms with Gasteiger partial charge in [-0.25, -0.2) is 4.39 Å². The van der Waals surface area contributed by atoms with Gasteiger partial charge in [0.05, 0.1) is 0 Å². The van der Waals surface area contributed by atoms with Crippen LogP contribution < -0.4 is 10.1 Å². The van der Waals surface area contributed by atoms with Crippen molar-refractivity contribution in [3.8, 4) is 5.75 Å². The molecular formula is C29H33FN2O3. The van der Waals surface area contributed by atoms with Crippen molar-refractivity contribution in [1.29, 1.82) is 0 Å². The fraction of sp³-hybridized carbons (Fsp3) is 0.310. The molecule has 3 aromatic carbocycles. The monoisotopic (exact) mass is 476 g/mol. The second kappa shape index (κ2) is 12.2. The van der Waals surface area contributed by atoms with Crippen molar-refractivity contribution in [2.75, 3.05) is 6.61 Å². The van der Waals surface area contributed by atoms with Gasteiger partial charge >= 0.3 is 0 Å². The Morgan fingerprint density at radius 2 is 1.60 bits per heavy atom. The third-order valence-corrected chi connectivity index (χ3v) is 5.87. The molecule has 5 nitrogen and oxygen atoms in total. The van der Waals surface area contributed by atoms with Crippen molar-refractivity contribution < 1.29 is 18.7 Å². The third-order valence-electron chi connectivity index (χ3n) is 5.87. The molecular weight excluding hydrogens is 443 g/mol. The quantitative estimate of drug-likeness (QED) is 0.449. The Kier molecular flexibility index (Phi) is 9.01. The van der Waals surface area contributed by atoms with Gasteiger partial charge in [0.25, 0.3) is 5.91 Å². The third kappa shape index (κ3) is 7.41. The molecule has 0 aromatic heterocycles. The summed E-state index contributed by atoms with van der Waals surface area (Å²) in [5.41, 5.74) is 3.69. The van der Waals surface area contributed by atoms with E-state index in [4.69, 9.17) is 4.74 Å². The largest absolute Gasteiger partial charge is 0.483 e. The van der Waals surface area contributed by atoms with Crippen molar-refractivity contribution in [3.05, 3.63) is 101 Å². The van der Waals surface area contributed by atoms with Gasteiger partial charge in [-0.15, -0.1) is 0 Å². The molecule has 0 bridgehead atoms. The van der Waals surface area contributed by atoms with Gasteiger partial charge in [0.1, 0.15) is 17.6 Å². The van der Waals surface area contributed by atoms with Crippen LogP contribution >= 0.6 is 0 Å². The maximum Gasteiger partial charge on any atom is 0.261 e. The Labute approximate surface area is 206 Å². The van der Waals surface area contributed by atoms with Gasteiger partial charge in [-0.3, -0.25) is 9.59 Å². The second-order valence-electron chi connectivity index (χ2n) is 9.00.